The van der Waals surface area contributed by atoms with Gasteiger partial charge in [0, 0.05) is 25.7 Å². The maximum Gasteiger partial charge on any atom is 0.163 e. The number of carbonyl (C=O) groups excluding carboxylic acids is 1. The van der Waals surface area contributed by atoms with Gasteiger partial charge >= 0.3 is 0 Å². The lowest BCUT2D eigenvalue weighted by molar-refractivity contribution is -0.122. The molecule has 0 radical (unpaired) electrons. The zero-order valence-corrected chi connectivity index (χ0v) is 12.0. The summed E-state index contributed by atoms with van der Waals surface area (Å²) >= 11 is 0. The van der Waals surface area contributed by atoms with Crippen molar-refractivity contribution in [3.05, 3.63) is 47.7 Å². The number of aryl methyl sites for hydroxylation is 1. The molecule has 0 heterocycles. The Labute approximate surface area is 110 Å². The van der Waals surface area contributed by atoms with Gasteiger partial charge in [0.1, 0.15) is 0 Å². The van der Waals surface area contributed by atoms with Crippen LogP contribution in [0.1, 0.15) is 25.0 Å². The molecule has 0 spiro atoms. The van der Waals surface area contributed by atoms with Gasteiger partial charge in [0.05, 0.1) is 0 Å². The van der Waals surface area contributed by atoms with Crippen LogP contribution in [0.5, 0.6) is 0 Å². The number of benzene rings is 1. The quantitative estimate of drug-likeness (QED) is 0.742. The van der Waals surface area contributed by atoms with E-state index in [0.717, 1.165) is 6.42 Å². The minimum atomic E-state index is -0.362. The van der Waals surface area contributed by atoms with Gasteiger partial charge in [0.2, 0.25) is 0 Å². The van der Waals surface area contributed by atoms with Crippen molar-refractivity contribution >= 4 is 5.78 Å². The lowest BCUT2D eigenvalue weighted by atomic mass is 9.80. The van der Waals surface area contributed by atoms with Gasteiger partial charge in [0.15, 0.2) is 5.78 Å². The Balaban J connectivity index is 2.82. The summed E-state index contributed by atoms with van der Waals surface area (Å²) in [7, 11) is 3.83. The molecule has 1 rings (SSSR count). The first-order valence-electron chi connectivity index (χ1n) is 6.26. The molecule has 18 heavy (non-hydrogen) atoms. The second-order valence-electron chi connectivity index (χ2n) is 5.63. The molecule has 0 amide bonds. The molecule has 2 heteroatoms. The number of rotatable bonds is 5. The lowest BCUT2D eigenvalue weighted by Crippen LogP contribution is -2.26. The van der Waals surface area contributed by atoms with E-state index < -0.39 is 0 Å². The monoisotopic (exact) mass is 245 g/mol. The van der Waals surface area contributed by atoms with Gasteiger partial charge in [-0.3, -0.25) is 4.79 Å². The molecular formula is C16H23NO. The van der Waals surface area contributed by atoms with Crippen molar-refractivity contribution < 1.29 is 4.79 Å². The fraction of sp³-hybridized carbons (Fsp3) is 0.438. The van der Waals surface area contributed by atoms with E-state index in [1.807, 2.05) is 51.2 Å². The molecule has 0 aliphatic heterocycles. The van der Waals surface area contributed by atoms with Crippen LogP contribution in [-0.2, 0) is 11.2 Å². The van der Waals surface area contributed by atoms with E-state index in [1.165, 1.54) is 11.1 Å². The second kappa shape index (κ2) is 5.85. The summed E-state index contributed by atoms with van der Waals surface area (Å²) in [5.74, 6) is 0.166. The Morgan fingerprint density at radius 2 is 1.89 bits per heavy atom. The van der Waals surface area contributed by atoms with Crippen LogP contribution in [0.2, 0.25) is 0 Å². The third kappa shape index (κ3) is 4.02. The van der Waals surface area contributed by atoms with Crippen molar-refractivity contribution in [3.8, 4) is 0 Å². The fourth-order valence-corrected chi connectivity index (χ4v) is 1.81. The maximum atomic E-state index is 12.2. The van der Waals surface area contributed by atoms with Crippen molar-refractivity contribution in [2.75, 3.05) is 14.1 Å². The standard InChI is InChI=1S/C16H23NO/c1-13-8-6-7-9-14(13)12-16(2,3)15(18)10-11-17(4)5/h6-11H,12H2,1-5H3. The van der Waals surface area contributed by atoms with Gasteiger partial charge in [-0.05, 0) is 30.5 Å². The van der Waals surface area contributed by atoms with E-state index in [4.69, 9.17) is 0 Å². The first-order valence-corrected chi connectivity index (χ1v) is 6.26. The Morgan fingerprint density at radius 3 is 2.44 bits per heavy atom. The van der Waals surface area contributed by atoms with Crippen LogP contribution in [0.15, 0.2) is 36.5 Å². The predicted molar refractivity (Wildman–Crippen MR) is 76.5 cm³/mol. The molecule has 98 valence electrons. The summed E-state index contributed by atoms with van der Waals surface area (Å²) in [6.45, 7) is 6.09. The molecular weight excluding hydrogens is 222 g/mol. The Hall–Kier alpha value is -1.57. The van der Waals surface area contributed by atoms with Crippen LogP contribution < -0.4 is 0 Å². The molecule has 0 N–H and O–H groups in total. The minimum absolute atomic E-state index is 0.166. The number of hydrogen-bond donors (Lipinski definition) is 0. The highest BCUT2D eigenvalue weighted by Gasteiger charge is 2.26. The first-order chi connectivity index (χ1) is 8.33. The number of carbonyl (C=O) groups is 1. The van der Waals surface area contributed by atoms with Crippen molar-refractivity contribution in [2.24, 2.45) is 5.41 Å². The summed E-state index contributed by atoms with van der Waals surface area (Å²) in [5.41, 5.74) is 2.13. The normalized spacial score (nSPS) is 11.8. The van der Waals surface area contributed by atoms with E-state index in [9.17, 15) is 4.79 Å². The fourth-order valence-electron chi connectivity index (χ4n) is 1.81. The Morgan fingerprint density at radius 1 is 1.28 bits per heavy atom. The average Bonchev–Trinajstić information content (AvgIpc) is 2.28. The van der Waals surface area contributed by atoms with Gasteiger partial charge < -0.3 is 4.90 Å². The average molecular weight is 245 g/mol. The molecule has 1 aromatic rings. The summed E-state index contributed by atoms with van der Waals surface area (Å²) in [6, 6.07) is 8.24. The molecule has 0 aliphatic carbocycles. The molecule has 0 bridgehead atoms. The Bertz CT molecular complexity index is 444. The minimum Gasteiger partial charge on any atom is -0.383 e. The van der Waals surface area contributed by atoms with Gasteiger partial charge in [0.25, 0.3) is 0 Å². The topological polar surface area (TPSA) is 20.3 Å². The highest BCUT2D eigenvalue weighted by Crippen LogP contribution is 2.25. The molecule has 0 fully saturated rings. The summed E-state index contributed by atoms with van der Waals surface area (Å²) < 4.78 is 0. The smallest absolute Gasteiger partial charge is 0.163 e. The molecule has 0 saturated heterocycles. The first kappa shape index (κ1) is 14.5. The third-order valence-electron chi connectivity index (χ3n) is 3.08. The molecule has 0 unspecified atom stereocenters. The highest BCUT2D eigenvalue weighted by molar-refractivity contribution is 5.94. The SMILES string of the molecule is Cc1ccccc1CC(C)(C)C(=O)C=CN(C)C. The van der Waals surface area contributed by atoms with Gasteiger partial charge in [-0.15, -0.1) is 0 Å². The van der Waals surface area contributed by atoms with Crippen molar-refractivity contribution in [2.45, 2.75) is 27.2 Å². The van der Waals surface area contributed by atoms with Crippen LogP contribution in [0.25, 0.3) is 0 Å². The van der Waals surface area contributed by atoms with Crippen LogP contribution in [0, 0.1) is 12.3 Å². The van der Waals surface area contributed by atoms with E-state index >= 15 is 0 Å². The third-order valence-corrected chi connectivity index (χ3v) is 3.08. The lowest BCUT2D eigenvalue weighted by Gasteiger charge is -2.22. The van der Waals surface area contributed by atoms with Crippen LogP contribution >= 0.6 is 0 Å². The van der Waals surface area contributed by atoms with Crippen LogP contribution in [0.3, 0.4) is 0 Å². The zero-order valence-electron chi connectivity index (χ0n) is 12.0. The zero-order chi connectivity index (χ0) is 13.8. The van der Waals surface area contributed by atoms with Crippen molar-refractivity contribution in [1.82, 2.24) is 4.90 Å². The molecule has 1 aromatic carbocycles. The highest BCUT2D eigenvalue weighted by atomic mass is 16.1. The predicted octanol–water partition coefficient (Wildman–Crippen LogP) is 3.21. The van der Waals surface area contributed by atoms with E-state index in [-0.39, 0.29) is 11.2 Å². The summed E-state index contributed by atoms with van der Waals surface area (Å²) in [4.78, 5) is 14.0. The van der Waals surface area contributed by atoms with E-state index in [2.05, 4.69) is 19.1 Å². The van der Waals surface area contributed by atoms with Crippen LogP contribution in [-0.4, -0.2) is 24.8 Å². The summed E-state index contributed by atoms with van der Waals surface area (Å²) in [5, 5.41) is 0. The second-order valence-corrected chi connectivity index (χ2v) is 5.63. The van der Waals surface area contributed by atoms with Gasteiger partial charge in [-0.1, -0.05) is 38.1 Å². The molecule has 0 saturated carbocycles. The molecule has 2 nitrogen and oxygen atoms in total. The van der Waals surface area contributed by atoms with Gasteiger partial charge in [-0.2, -0.15) is 0 Å². The van der Waals surface area contributed by atoms with Crippen LogP contribution in [0.4, 0.5) is 0 Å². The molecule has 0 aliphatic rings. The number of hydrogen-bond acceptors (Lipinski definition) is 2. The number of allylic oxidation sites excluding steroid dienone is 1. The largest absolute Gasteiger partial charge is 0.383 e. The van der Waals surface area contributed by atoms with Crippen molar-refractivity contribution in [3.63, 3.8) is 0 Å². The number of ketones is 1. The van der Waals surface area contributed by atoms with E-state index in [1.54, 1.807) is 6.08 Å². The van der Waals surface area contributed by atoms with Crippen molar-refractivity contribution in [1.29, 1.82) is 0 Å². The van der Waals surface area contributed by atoms with Gasteiger partial charge in [-0.25, -0.2) is 0 Å². The van der Waals surface area contributed by atoms with E-state index in [0.29, 0.717) is 0 Å². The summed E-state index contributed by atoms with van der Waals surface area (Å²) in [6.07, 6.45) is 4.25. The maximum absolute atomic E-state index is 12.2. The number of nitrogens with zero attached hydrogens (tertiary/aromatic N) is 1. The molecule has 0 aromatic heterocycles. The Kier molecular flexibility index (Phi) is 4.71. The molecule has 0 atom stereocenters.